The highest BCUT2D eigenvalue weighted by molar-refractivity contribution is 5.80. The summed E-state index contributed by atoms with van der Waals surface area (Å²) in [6, 6.07) is 12.8. The van der Waals surface area contributed by atoms with Gasteiger partial charge in [-0.1, -0.05) is 35.5 Å². The number of nitrogens with one attached hydrogen (secondary N) is 1. The number of hydrogen-bond donors (Lipinski definition) is 1. The summed E-state index contributed by atoms with van der Waals surface area (Å²) in [6.45, 7) is 8.86. The van der Waals surface area contributed by atoms with Gasteiger partial charge >= 0.3 is 0 Å². The number of rotatable bonds is 6. The minimum absolute atomic E-state index is 0.689. The molecule has 4 rings (SSSR count). The molecule has 1 saturated heterocycles. The lowest BCUT2D eigenvalue weighted by Crippen LogP contribution is -2.52. The molecule has 2 heterocycles. The van der Waals surface area contributed by atoms with E-state index < -0.39 is 0 Å². The van der Waals surface area contributed by atoms with Crippen LogP contribution < -0.4 is 5.32 Å². The second-order valence-electron chi connectivity index (χ2n) is 7.46. The summed E-state index contributed by atoms with van der Waals surface area (Å²) in [5, 5.41) is 7.50. The van der Waals surface area contributed by atoms with Crippen molar-refractivity contribution in [1.29, 1.82) is 0 Å². The van der Waals surface area contributed by atoms with Gasteiger partial charge in [-0.3, -0.25) is 9.89 Å². The molecule has 0 spiro atoms. The van der Waals surface area contributed by atoms with Crippen LogP contribution in [0.1, 0.15) is 30.5 Å². The van der Waals surface area contributed by atoms with Crippen LogP contribution >= 0.6 is 0 Å². The number of guanidine groups is 1. The lowest BCUT2D eigenvalue weighted by Gasteiger charge is -2.36. The average Bonchev–Trinajstić information content (AvgIpc) is 3.31. The van der Waals surface area contributed by atoms with Crippen LogP contribution in [0.2, 0.25) is 0 Å². The summed E-state index contributed by atoms with van der Waals surface area (Å²) < 4.78 is 4.93. The largest absolute Gasteiger partial charge is 0.364 e. The average molecular weight is 367 g/mol. The van der Waals surface area contributed by atoms with Gasteiger partial charge in [-0.2, -0.15) is 0 Å². The van der Waals surface area contributed by atoms with Gasteiger partial charge in [0.15, 0.2) is 5.96 Å². The van der Waals surface area contributed by atoms with E-state index in [9.17, 15) is 0 Å². The Labute approximate surface area is 161 Å². The van der Waals surface area contributed by atoms with Crippen LogP contribution in [0.5, 0.6) is 0 Å². The van der Waals surface area contributed by atoms with Gasteiger partial charge in [-0.15, -0.1) is 0 Å². The molecule has 144 valence electrons. The molecule has 0 amide bonds. The predicted octanol–water partition coefficient (Wildman–Crippen LogP) is 2.56. The first-order valence-electron chi connectivity index (χ1n) is 10.0. The third-order valence-corrected chi connectivity index (χ3v) is 5.51. The number of benzene rings is 1. The molecule has 6 heteroatoms. The van der Waals surface area contributed by atoms with Crippen molar-refractivity contribution in [2.45, 2.75) is 25.8 Å². The van der Waals surface area contributed by atoms with Crippen molar-refractivity contribution >= 4 is 5.96 Å². The first kappa shape index (κ1) is 18.0. The van der Waals surface area contributed by atoms with Crippen molar-refractivity contribution < 1.29 is 4.52 Å². The highest BCUT2D eigenvalue weighted by Crippen LogP contribution is 2.47. The van der Waals surface area contributed by atoms with E-state index in [1.165, 1.54) is 12.0 Å². The fourth-order valence-corrected chi connectivity index (χ4v) is 3.85. The van der Waals surface area contributed by atoms with Crippen LogP contribution in [0.15, 0.2) is 52.2 Å². The molecule has 2 aromatic rings. The first-order chi connectivity index (χ1) is 13.3. The molecule has 6 nitrogen and oxygen atoms in total. The van der Waals surface area contributed by atoms with Crippen molar-refractivity contribution in [3.63, 3.8) is 0 Å². The summed E-state index contributed by atoms with van der Waals surface area (Å²) in [7, 11) is 0. The van der Waals surface area contributed by atoms with Crippen LogP contribution in [0.3, 0.4) is 0 Å². The van der Waals surface area contributed by atoms with Crippen LogP contribution in [0.25, 0.3) is 0 Å². The molecule has 1 aromatic carbocycles. The van der Waals surface area contributed by atoms with Gasteiger partial charge < -0.3 is 14.7 Å². The van der Waals surface area contributed by atoms with Gasteiger partial charge in [0.05, 0.1) is 5.69 Å². The fraction of sp³-hybridized carbons (Fsp3) is 0.524. The third kappa shape index (κ3) is 4.69. The quantitative estimate of drug-likeness (QED) is 0.628. The Kier molecular flexibility index (Phi) is 5.72. The maximum absolute atomic E-state index is 4.96. The summed E-state index contributed by atoms with van der Waals surface area (Å²) in [5.74, 6) is 2.45. The van der Waals surface area contributed by atoms with E-state index in [4.69, 9.17) is 9.52 Å². The zero-order chi connectivity index (χ0) is 18.5. The molecule has 2 atom stereocenters. The maximum atomic E-state index is 4.96. The van der Waals surface area contributed by atoms with E-state index in [-0.39, 0.29) is 0 Å². The van der Waals surface area contributed by atoms with E-state index in [1.807, 2.05) is 6.07 Å². The standard InChI is InChI=1S/C21H29N5O/c1-2-22-21(23-15-18-14-20(18)17-6-4-3-5-7-17)26-11-9-25(10-12-26)16-19-8-13-27-24-19/h3-8,13,18,20H,2,9-12,14-16H2,1H3,(H,22,23). The van der Waals surface area contributed by atoms with Gasteiger partial charge in [0.25, 0.3) is 0 Å². The summed E-state index contributed by atoms with van der Waals surface area (Å²) in [4.78, 5) is 9.77. The number of aliphatic imine (C=N–C) groups is 1. The van der Waals surface area contributed by atoms with Crippen molar-refractivity contribution in [3.8, 4) is 0 Å². The number of hydrogen-bond acceptors (Lipinski definition) is 4. The van der Waals surface area contributed by atoms with Crippen LogP contribution in [-0.4, -0.2) is 60.2 Å². The fourth-order valence-electron chi connectivity index (χ4n) is 3.85. The molecule has 1 aromatic heterocycles. The van der Waals surface area contributed by atoms with Crippen LogP contribution in [-0.2, 0) is 6.54 Å². The molecule has 1 aliphatic carbocycles. The van der Waals surface area contributed by atoms with E-state index in [1.54, 1.807) is 6.26 Å². The topological polar surface area (TPSA) is 56.9 Å². The van der Waals surface area contributed by atoms with E-state index in [0.29, 0.717) is 11.8 Å². The Balaban J connectivity index is 1.28. The zero-order valence-corrected chi connectivity index (χ0v) is 16.1. The molecule has 2 aliphatic rings. The Morgan fingerprint density at radius 2 is 2.00 bits per heavy atom. The second kappa shape index (κ2) is 8.57. The molecule has 1 aliphatic heterocycles. The smallest absolute Gasteiger partial charge is 0.194 e. The van der Waals surface area contributed by atoms with Gasteiger partial charge in [-0.25, -0.2) is 0 Å². The van der Waals surface area contributed by atoms with Gasteiger partial charge in [-0.05, 0) is 30.7 Å². The summed E-state index contributed by atoms with van der Waals surface area (Å²) in [5.41, 5.74) is 2.47. The lowest BCUT2D eigenvalue weighted by atomic mass is 10.1. The number of nitrogens with zero attached hydrogens (tertiary/aromatic N) is 4. The molecule has 2 fully saturated rings. The highest BCUT2D eigenvalue weighted by atomic mass is 16.5. The minimum Gasteiger partial charge on any atom is -0.364 e. The van der Waals surface area contributed by atoms with Gasteiger partial charge in [0.1, 0.15) is 6.26 Å². The van der Waals surface area contributed by atoms with Gasteiger partial charge in [0.2, 0.25) is 0 Å². The molecular formula is C21H29N5O. The first-order valence-corrected chi connectivity index (χ1v) is 10.0. The Morgan fingerprint density at radius 3 is 2.70 bits per heavy atom. The number of aromatic nitrogens is 1. The van der Waals surface area contributed by atoms with E-state index in [0.717, 1.165) is 57.5 Å². The van der Waals surface area contributed by atoms with Crippen molar-refractivity contribution in [1.82, 2.24) is 20.3 Å². The number of piperazine rings is 1. The van der Waals surface area contributed by atoms with Crippen LogP contribution in [0.4, 0.5) is 0 Å². The van der Waals surface area contributed by atoms with Gasteiger partial charge in [0, 0.05) is 51.9 Å². The lowest BCUT2D eigenvalue weighted by molar-refractivity contribution is 0.169. The van der Waals surface area contributed by atoms with Crippen molar-refractivity contribution in [2.75, 3.05) is 39.3 Å². The van der Waals surface area contributed by atoms with Crippen LogP contribution in [0, 0.1) is 5.92 Å². The SMILES string of the molecule is CCNC(=NCC1CC1c1ccccc1)N1CCN(Cc2ccon2)CC1. The monoisotopic (exact) mass is 367 g/mol. The molecule has 1 saturated carbocycles. The molecule has 1 N–H and O–H groups in total. The normalized spacial score (nSPS) is 23.4. The molecule has 2 unspecified atom stereocenters. The maximum Gasteiger partial charge on any atom is 0.194 e. The highest BCUT2D eigenvalue weighted by Gasteiger charge is 2.38. The summed E-state index contributed by atoms with van der Waals surface area (Å²) >= 11 is 0. The molecule has 27 heavy (non-hydrogen) atoms. The minimum atomic E-state index is 0.689. The van der Waals surface area contributed by atoms with Crippen molar-refractivity contribution in [3.05, 3.63) is 53.9 Å². The molecular weight excluding hydrogens is 338 g/mol. The predicted molar refractivity (Wildman–Crippen MR) is 107 cm³/mol. The summed E-state index contributed by atoms with van der Waals surface area (Å²) in [6.07, 6.45) is 2.90. The Morgan fingerprint density at radius 1 is 1.19 bits per heavy atom. The molecule has 0 bridgehead atoms. The van der Waals surface area contributed by atoms with E-state index in [2.05, 4.69) is 57.5 Å². The third-order valence-electron chi connectivity index (χ3n) is 5.51. The zero-order valence-electron chi connectivity index (χ0n) is 16.1. The Bertz CT molecular complexity index is 722. The van der Waals surface area contributed by atoms with E-state index >= 15 is 0 Å². The Hall–Kier alpha value is -2.34. The molecule has 0 radical (unpaired) electrons. The second-order valence-corrected chi connectivity index (χ2v) is 7.46. The van der Waals surface area contributed by atoms with Crippen molar-refractivity contribution in [2.24, 2.45) is 10.9 Å².